The van der Waals surface area contributed by atoms with Gasteiger partial charge in [-0.05, 0) is 52.3 Å². The summed E-state index contributed by atoms with van der Waals surface area (Å²) in [7, 11) is -2.65. The van der Waals surface area contributed by atoms with Crippen molar-refractivity contribution in [3.8, 4) is 5.75 Å². The first-order chi connectivity index (χ1) is 12.1. The maximum absolute atomic E-state index is 13.8. The van der Waals surface area contributed by atoms with E-state index in [-0.39, 0.29) is 5.56 Å². The van der Waals surface area contributed by atoms with Gasteiger partial charge < -0.3 is 9.47 Å². The average molecular weight is 446 g/mol. The van der Waals surface area contributed by atoms with E-state index in [1.54, 1.807) is 6.07 Å². The van der Waals surface area contributed by atoms with Crippen LogP contribution in [0.25, 0.3) is 0 Å². The fourth-order valence-electron chi connectivity index (χ4n) is 1.97. The molecule has 2 aromatic carbocycles. The molecule has 2 aromatic rings. The van der Waals surface area contributed by atoms with Gasteiger partial charge in [0.1, 0.15) is 11.6 Å². The number of ether oxygens (including phenoxy) is 2. The monoisotopic (exact) mass is 445 g/mol. The highest BCUT2D eigenvalue weighted by molar-refractivity contribution is 9.10. The van der Waals surface area contributed by atoms with Gasteiger partial charge in [0.05, 0.1) is 22.0 Å². The summed E-state index contributed by atoms with van der Waals surface area (Å²) >= 11 is 3.23. The summed E-state index contributed by atoms with van der Waals surface area (Å²) in [5, 5.41) is 4.94. The second-order valence-electron chi connectivity index (χ2n) is 5.04. The second-order valence-corrected chi connectivity index (χ2v) is 7.45. The Hall–Kier alpha value is -2.30. The van der Waals surface area contributed by atoms with Crippen molar-refractivity contribution in [1.82, 2.24) is 0 Å². The van der Waals surface area contributed by atoms with Gasteiger partial charge in [-0.1, -0.05) is 0 Å². The van der Waals surface area contributed by atoms with Gasteiger partial charge in [0.2, 0.25) is 10.0 Å². The largest absolute Gasteiger partial charge is 0.496 e. The second kappa shape index (κ2) is 7.94. The summed E-state index contributed by atoms with van der Waals surface area (Å²) in [6.45, 7) is -0.656. The van der Waals surface area contributed by atoms with Crippen LogP contribution in [0.3, 0.4) is 0 Å². The Balaban J connectivity index is 2.13. The Morgan fingerprint density at radius 3 is 2.46 bits per heavy atom. The fourth-order valence-corrected chi connectivity index (χ4v) is 3.05. The zero-order valence-corrected chi connectivity index (χ0v) is 15.8. The molecule has 0 amide bonds. The maximum atomic E-state index is 13.8. The lowest BCUT2D eigenvalue weighted by Gasteiger charge is -2.08. The topological polar surface area (TPSA) is 113 Å². The van der Waals surface area contributed by atoms with Crippen LogP contribution < -0.4 is 9.88 Å². The number of benzene rings is 2. The van der Waals surface area contributed by atoms with E-state index in [1.165, 1.54) is 19.2 Å². The Labute approximate surface area is 157 Å². The minimum absolute atomic E-state index is 0.240. The van der Waals surface area contributed by atoms with Gasteiger partial charge in [0.25, 0.3) is 0 Å². The molecule has 0 bridgehead atoms. The lowest BCUT2D eigenvalue weighted by molar-refractivity contribution is 0.0470. The number of esters is 1. The number of ketones is 1. The highest BCUT2D eigenvalue weighted by atomic mass is 79.9. The van der Waals surface area contributed by atoms with Crippen LogP contribution in [-0.2, 0) is 14.8 Å². The van der Waals surface area contributed by atoms with Crippen molar-refractivity contribution in [2.45, 2.75) is 4.90 Å². The minimum Gasteiger partial charge on any atom is -0.496 e. The molecule has 2 N–H and O–H groups in total. The van der Waals surface area contributed by atoms with Crippen LogP contribution in [0.15, 0.2) is 45.8 Å². The third-order valence-corrected chi connectivity index (χ3v) is 4.83. The van der Waals surface area contributed by atoms with E-state index in [0.29, 0.717) is 10.2 Å². The third kappa shape index (κ3) is 4.65. The number of carbonyl (C=O) groups excluding carboxylic acids is 2. The molecule has 0 unspecified atom stereocenters. The Bertz CT molecular complexity index is 977. The van der Waals surface area contributed by atoms with Gasteiger partial charge in [0, 0.05) is 5.56 Å². The molecule has 0 atom stereocenters. The minimum atomic E-state index is -4.12. The smallest absolute Gasteiger partial charge is 0.341 e. The van der Waals surface area contributed by atoms with Crippen LogP contribution in [-0.4, -0.2) is 33.9 Å². The van der Waals surface area contributed by atoms with Crippen LogP contribution in [0.5, 0.6) is 5.75 Å². The summed E-state index contributed by atoms with van der Waals surface area (Å²) in [5.41, 5.74) is -0.399. The molecular formula is C16H13BrFNO6S. The molecule has 0 aromatic heterocycles. The van der Waals surface area contributed by atoms with Gasteiger partial charge in [0.15, 0.2) is 12.4 Å². The lowest BCUT2D eigenvalue weighted by atomic mass is 10.1. The zero-order valence-electron chi connectivity index (χ0n) is 13.4. The summed E-state index contributed by atoms with van der Waals surface area (Å²) in [6, 6.07) is 6.95. The highest BCUT2D eigenvalue weighted by Gasteiger charge is 2.19. The number of Topliss-reactive ketones (excluding diaryl/α,β-unsaturated/α-hetero) is 1. The Morgan fingerprint density at radius 2 is 1.88 bits per heavy atom. The highest BCUT2D eigenvalue weighted by Crippen LogP contribution is 2.25. The van der Waals surface area contributed by atoms with E-state index < -0.39 is 44.7 Å². The van der Waals surface area contributed by atoms with Crippen LogP contribution in [0.1, 0.15) is 20.7 Å². The van der Waals surface area contributed by atoms with Crippen LogP contribution >= 0.6 is 15.9 Å². The molecule has 26 heavy (non-hydrogen) atoms. The number of hydrogen-bond acceptors (Lipinski definition) is 6. The van der Waals surface area contributed by atoms with E-state index in [4.69, 9.17) is 14.6 Å². The first kappa shape index (κ1) is 20.0. The van der Waals surface area contributed by atoms with Crippen molar-refractivity contribution >= 4 is 37.7 Å². The molecule has 0 heterocycles. The molecule has 0 saturated heterocycles. The number of sulfonamides is 1. The number of hydrogen-bond donors (Lipinski definition) is 1. The fraction of sp³-hybridized carbons (Fsp3) is 0.125. The first-order valence-corrected chi connectivity index (χ1v) is 9.33. The van der Waals surface area contributed by atoms with E-state index in [9.17, 15) is 22.4 Å². The van der Waals surface area contributed by atoms with E-state index in [2.05, 4.69) is 15.9 Å². The van der Waals surface area contributed by atoms with Gasteiger partial charge in [-0.3, -0.25) is 4.79 Å². The molecule has 138 valence electrons. The summed E-state index contributed by atoms with van der Waals surface area (Å²) in [5.74, 6) is -2.21. The van der Waals surface area contributed by atoms with Gasteiger partial charge in [-0.15, -0.1) is 0 Å². The van der Waals surface area contributed by atoms with Crippen molar-refractivity contribution in [2.24, 2.45) is 5.14 Å². The molecule has 10 heteroatoms. The zero-order chi connectivity index (χ0) is 19.5. The summed E-state index contributed by atoms with van der Waals surface area (Å²) in [4.78, 5) is 23.6. The van der Waals surface area contributed by atoms with Crippen LogP contribution in [0.4, 0.5) is 4.39 Å². The van der Waals surface area contributed by atoms with Crippen molar-refractivity contribution in [3.63, 3.8) is 0 Å². The summed E-state index contributed by atoms with van der Waals surface area (Å²) in [6.07, 6.45) is 0. The van der Waals surface area contributed by atoms with Crippen molar-refractivity contribution in [3.05, 3.63) is 57.8 Å². The Kier molecular flexibility index (Phi) is 6.11. The quantitative estimate of drug-likeness (QED) is 0.538. The molecule has 0 saturated carbocycles. The van der Waals surface area contributed by atoms with Crippen molar-refractivity contribution in [2.75, 3.05) is 13.7 Å². The third-order valence-electron chi connectivity index (χ3n) is 3.29. The standard InChI is InChI=1S/C16H13BrFNO6S/c1-24-15-5-2-9(6-12(15)17)14(20)8-25-16(21)11-7-10(26(19,22)23)3-4-13(11)18/h2-7H,8H2,1H3,(H2,19,22,23). The Morgan fingerprint density at radius 1 is 1.19 bits per heavy atom. The SMILES string of the molecule is COc1ccc(C(=O)COC(=O)c2cc(S(N)(=O)=O)ccc2F)cc1Br. The number of rotatable bonds is 6. The molecule has 0 spiro atoms. The van der Waals surface area contributed by atoms with E-state index in [0.717, 1.165) is 18.2 Å². The van der Waals surface area contributed by atoms with E-state index >= 15 is 0 Å². The number of carbonyl (C=O) groups is 2. The summed E-state index contributed by atoms with van der Waals surface area (Å²) < 4.78 is 46.7. The lowest BCUT2D eigenvalue weighted by Crippen LogP contribution is -2.17. The number of nitrogens with two attached hydrogens (primary N) is 1. The van der Waals surface area contributed by atoms with Gasteiger partial charge in [-0.25, -0.2) is 22.7 Å². The van der Waals surface area contributed by atoms with Crippen molar-refractivity contribution in [1.29, 1.82) is 0 Å². The molecule has 0 fully saturated rings. The predicted octanol–water partition coefficient (Wildman–Crippen LogP) is 2.28. The van der Waals surface area contributed by atoms with Crippen molar-refractivity contribution < 1.29 is 31.9 Å². The van der Waals surface area contributed by atoms with Gasteiger partial charge in [-0.2, -0.15) is 0 Å². The first-order valence-electron chi connectivity index (χ1n) is 6.99. The predicted molar refractivity (Wildman–Crippen MR) is 93.1 cm³/mol. The van der Waals surface area contributed by atoms with Gasteiger partial charge >= 0.3 is 5.97 Å². The molecule has 2 rings (SSSR count). The molecule has 0 aliphatic carbocycles. The van der Waals surface area contributed by atoms with Crippen LogP contribution in [0, 0.1) is 5.82 Å². The number of methoxy groups -OCH3 is 1. The maximum Gasteiger partial charge on any atom is 0.341 e. The molecule has 0 aliphatic heterocycles. The van der Waals surface area contributed by atoms with Crippen LogP contribution in [0.2, 0.25) is 0 Å². The molecule has 7 nitrogen and oxygen atoms in total. The average Bonchev–Trinajstić information content (AvgIpc) is 2.58. The normalized spacial score (nSPS) is 11.1. The number of halogens is 2. The molecular weight excluding hydrogens is 433 g/mol. The molecule has 0 aliphatic rings. The molecule has 0 radical (unpaired) electrons. The number of primary sulfonamides is 1. The van der Waals surface area contributed by atoms with E-state index in [1.807, 2.05) is 0 Å².